The van der Waals surface area contributed by atoms with Crippen molar-refractivity contribution >= 4 is 17.5 Å². The van der Waals surface area contributed by atoms with Crippen LogP contribution in [0.4, 0.5) is 4.39 Å². The zero-order chi connectivity index (χ0) is 14.0. The van der Waals surface area contributed by atoms with Gasteiger partial charge in [0, 0.05) is 19.1 Å². The highest BCUT2D eigenvalue weighted by Crippen LogP contribution is 2.22. The van der Waals surface area contributed by atoms with Crippen molar-refractivity contribution in [1.82, 2.24) is 4.90 Å². The van der Waals surface area contributed by atoms with Gasteiger partial charge in [-0.15, -0.1) is 0 Å². The number of hydrogen-bond acceptors (Lipinski definition) is 3. The molecule has 0 bridgehead atoms. The molecule has 2 N–H and O–H groups in total. The summed E-state index contributed by atoms with van der Waals surface area (Å²) in [5.74, 6) is -0.886. The van der Waals surface area contributed by atoms with Crippen molar-refractivity contribution < 1.29 is 13.9 Å². The molecular weight excluding hydrogens is 271 g/mol. The lowest BCUT2D eigenvalue weighted by atomic mass is 10.1. The third kappa shape index (κ3) is 3.05. The van der Waals surface area contributed by atoms with Gasteiger partial charge in [-0.1, -0.05) is 17.7 Å². The number of amides is 1. The van der Waals surface area contributed by atoms with E-state index >= 15 is 0 Å². The van der Waals surface area contributed by atoms with Gasteiger partial charge in [0.25, 0.3) is 5.91 Å². The Hall–Kier alpha value is -1.17. The molecule has 2 rings (SSSR count). The predicted molar refractivity (Wildman–Crippen MR) is 70.7 cm³/mol. The second-order valence-corrected chi connectivity index (χ2v) is 5.00. The van der Waals surface area contributed by atoms with Crippen LogP contribution in [-0.4, -0.2) is 42.6 Å². The van der Waals surface area contributed by atoms with Crippen LogP contribution in [0, 0.1) is 5.82 Å². The monoisotopic (exact) mass is 286 g/mol. The van der Waals surface area contributed by atoms with Crippen LogP contribution in [0.3, 0.4) is 0 Å². The largest absolute Gasteiger partial charge is 0.373 e. The molecular formula is C13H16ClFN2O2. The molecule has 1 heterocycles. The number of ether oxygens (including phenoxy) is 1. The molecule has 0 aromatic heterocycles. The maximum Gasteiger partial charge on any atom is 0.255 e. The van der Waals surface area contributed by atoms with Crippen LogP contribution in [0.5, 0.6) is 0 Å². The normalized spacial score (nSPS) is 21.3. The van der Waals surface area contributed by atoms with Gasteiger partial charge in [0.1, 0.15) is 5.82 Å². The molecule has 4 nitrogen and oxygen atoms in total. The van der Waals surface area contributed by atoms with Crippen molar-refractivity contribution in [1.29, 1.82) is 0 Å². The van der Waals surface area contributed by atoms with Gasteiger partial charge < -0.3 is 15.4 Å². The Labute approximate surface area is 116 Å². The van der Waals surface area contributed by atoms with E-state index in [2.05, 4.69) is 0 Å². The van der Waals surface area contributed by atoms with Gasteiger partial charge in [-0.3, -0.25) is 4.79 Å². The molecule has 19 heavy (non-hydrogen) atoms. The molecule has 1 aliphatic rings. The molecule has 2 unspecified atom stereocenters. The Bertz CT molecular complexity index is 482. The summed E-state index contributed by atoms with van der Waals surface area (Å²) in [6, 6.07) is 4.05. The number of hydrogen-bond donors (Lipinski definition) is 1. The highest BCUT2D eigenvalue weighted by molar-refractivity contribution is 6.34. The Morgan fingerprint density at radius 2 is 2.37 bits per heavy atom. The van der Waals surface area contributed by atoms with Gasteiger partial charge in [0.15, 0.2) is 0 Å². The third-order valence-electron chi connectivity index (χ3n) is 3.15. The van der Waals surface area contributed by atoms with Crippen molar-refractivity contribution in [2.24, 2.45) is 5.73 Å². The number of nitrogens with two attached hydrogens (primary N) is 1. The molecule has 0 aliphatic carbocycles. The Morgan fingerprint density at radius 1 is 1.63 bits per heavy atom. The molecule has 1 aromatic rings. The maximum atomic E-state index is 13.4. The number of carbonyl (C=O) groups is 1. The average molecular weight is 287 g/mol. The lowest BCUT2D eigenvalue weighted by Crippen LogP contribution is -2.51. The number of nitrogens with zero attached hydrogens (tertiary/aromatic N) is 1. The van der Waals surface area contributed by atoms with Crippen LogP contribution in [0.2, 0.25) is 5.02 Å². The minimum Gasteiger partial charge on any atom is -0.373 e. The topological polar surface area (TPSA) is 55.6 Å². The number of rotatable bonds is 2. The first kappa shape index (κ1) is 14.2. The van der Waals surface area contributed by atoms with Gasteiger partial charge in [0.2, 0.25) is 0 Å². The molecule has 2 atom stereocenters. The summed E-state index contributed by atoms with van der Waals surface area (Å²) in [6.45, 7) is 3.09. The van der Waals surface area contributed by atoms with E-state index in [4.69, 9.17) is 22.1 Å². The molecule has 1 aromatic carbocycles. The van der Waals surface area contributed by atoms with Crippen LogP contribution >= 0.6 is 11.6 Å². The van der Waals surface area contributed by atoms with Crippen LogP contribution in [0.1, 0.15) is 17.3 Å². The molecule has 1 fully saturated rings. The zero-order valence-electron chi connectivity index (χ0n) is 10.6. The quantitative estimate of drug-likeness (QED) is 0.900. The van der Waals surface area contributed by atoms with Crippen molar-refractivity contribution in [2.45, 2.75) is 19.1 Å². The van der Waals surface area contributed by atoms with E-state index in [1.54, 1.807) is 4.90 Å². The summed E-state index contributed by atoms with van der Waals surface area (Å²) < 4.78 is 18.8. The van der Waals surface area contributed by atoms with Crippen molar-refractivity contribution in [3.05, 3.63) is 34.6 Å². The third-order valence-corrected chi connectivity index (χ3v) is 3.53. The summed E-state index contributed by atoms with van der Waals surface area (Å²) >= 11 is 5.83. The molecule has 6 heteroatoms. The van der Waals surface area contributed by atoms with Crippen LogP contribution in [0.25, 0.3) is 0 Å². The van der Waals surface area contributed by atoms with Gasteiger partial charge >= 0.3 is 0 Å². The smallest absolute Gasteiger partial charge is 0.255 e. The van der Waals surface area contributed by atoms with E-state index in [0.29, 0.717) is 19.7 Å². The van der Waals surface area contributed by atoms with E-state index in [1.165, 1.54) is 18.2 Å². The fourth-order valence-electron chi connectivity index (χ4n) is 2.02. The van der Waals surface area contributed by atoms with Gasteiger partial charge in [-0.05, 0) is 19.1 Å². The first-order chi connectivity index (χ1) is 9.00. The van der Waals surface area contributed by atoms with Crippen molar-refractivity contribution in [3.63, 3.8) is 0 Å². The molecule has 1 aliphatic heterocycles. The molecule has 104 valence electrons. The van der Waals surface area contributed by atoms with E-state index in [0.717, 1.165) is 0 Å². The molecule has 0 radical (unpaired) electrons. The van der Waals surface area contributed by atoms with E-state index in [1.807, 2.05) is 6.92 Å². The number of halogens is 2. The number of carbonyl (C=O) groups excluding carboxylic acids is 1. The minimum atomic E-state index is -0.593. The lowest BCUT2D eigenvalue weighted by molar-refractivity contribution is -0.0300. The van der Waals surface area contributed by atoms with Crippen molar-refractivity contribution in [3.8, 4) is 0 Å². The van der Waals surface area contributed by atoms with E-state index in [-0.39, 0.29) is 28.6 Å². The summed E-state index contributed by atoms with van der Waals surface area (Å²) in [6.07, 6.45) is -0.204. The van der Waals surface area contributed by atoms with Gasteiger partial charge in [0.05, 0.1) is 23.3 Å². The Morgan fingerprint density at radius 3 is 3.05 bits per heavy atom. The zero-order valence-corrected chi connectivity index (χ0v) is 11.4. The van der Waals surface area contributed by atoms with Gasteiger partial charge in [-0.2, -0.15) is 0 Å². The summed E-state index contributed by atoms with van der Waals surface area (Å²) in [7, 11) is 0. The van der Waals surface area contributed by atoms with E-state index < -0.39 is 5.82 Å². The standard InChI is InChI=1S/C13H16ClFN2O2/c1-8(16)11-7-17(5-6-19-11)13(18)9-3-2-4-10(15)12(9)14/h2-4,8,11H,5-7,16H2,1H3. The van der Waals surface area contributed by atoms with Crippen LogP contribution < -0.4 is 5.73 Å². The Balaban J connectivity index is 2.17. The maximum absolute atomic E-state index is 13.4. The fraction of sp³-hybridized carbons (Fsp3) is 0.462. The highest BCUT2D eigenvalue weighted by Gasteiger charge is 2.28. The summed E-state index contributed by atoms with van der Waals surface area (Å²) in [5, 5.41) is -0.142. The SMILES string of the molecule is CC(N)C1CN(C(=O)c2cccc(F)c2Cl)CCO1. The van der Waals surface area contributed by atoms with E-state index in [9.17, 15) is 9.18 Å². The van der Waals surface area contributed by atoms with Crippen molar-refractivity contribution in [2.75, 3.05) is 19.7 Å². The minimum absolute atomic E-state index is 0.142. The highest BCUT2D eigenvalue weighted by atomic mass is 35.5. The molecule has 0 spiro atoms. The summed E-state index contributed by atoms with van der Waals surface area (Å²) in [5.41, 5.74) is 5.95. The molecule has 1 saturated heterocycles. The second-order valence-electron chi connectivity index (χ2n) is 4.62. The molecule has 0 saturated carbocycles. The van der Waals surface area contributed by atoms with Crippen LogP contribution in [-0.2, 0) is 4.74 Å². The number of morpholine rings is 1. The average Bonchev–Trinajstić information content (AvgIpc) is 2.41. The number of benzene rings is 1. The lowest BCUT2D eigenvalue weighted by Gasteiger charge is -2.34. The summed E-state index contributed by atoms with van der Waals surface area (Å²) in [4.78, 5) is 13.9. The predicted octanol–water partition coefficient (Wildman–Crippen LogP) is 1.67. The van der Waals surface area contributed by atoms with Crippen LogP contribution in [0.15, 0.2) is 18.2 Å². The first-order valence-electron chi connectivity index (χ1n) is 6.11. The first-order valence-corrected chi connectivity index (χ1v) is 6.49. The second kappa shape index (κ2) is 5.86. The molecule has 1 amide bonds. The Kier molecular flexibility index (Phi) is 4.39. The fourth-order valence-corrected chi connectivity index (χ4v) is 2.22. The van der Waals surface area contributed by atoms with Gasteiger partial charge in [-0.25, -0.2) is 4.39 Å².